The molecule has 0 unspecified atom stereocenters. The highest BCUT2D eigenvalue weighted by Gasteiger charge is 2.55. The Morgan fingerprint density at radius 1 is 1.15 bits per heavy atom. The molecule has 0 aromatic heterocycles. The van der Waals surface area contributed by atoms with Gasteiger partial charge < -0.3 is 10.1 Å². The molecule has 2 aliphatic rings. The maximum atomic E-state index is 13.5. The average molecular weight is 474 g/mol. The number of hydrogen-bond donors (Lipinski definition) is 1. The largest absolute Gasteiger partial charge is 0.462 e. The van der Waals surface area contributed by atoms with E-state index >= 15 is 0 Å². The van der Waals surface area contributed by atoms with E-state index in [-0.39, 0.29) is 23.9 Å². The van der Waals surface area contributed by atoms with Crippen molar-refractivity contribution in [3.8, 4) is 0 Å². The van der Waals surface area contributed by atoms with Crippen LogP contribution in [-0.2, 0) is 19.1 Å². The fourth-order valence-electron chi connectivity index (χ4n) is 3.48. The van der Waals surface area contributed by atoms with Crippen LogP contribution in [0, 0.1) is 5.82 Å². The quantitative estimate of drug-likeness (QED) is 0.508. The molecule has 2 atom stereocenters. The van der Waals surface area contributed by atoms with Crippen molar-refractivity contribution in [1.29, 1.82) is 0 Å². The number of carbonyl (C=O) groups excluding carboxylic acids is 4. The van der Waals surface area contributed by atoms with Gasteiger partial charge in [0.1, 0.15) is 12.4 Å². The Morgan fingerprint density at radius 3 is 2.55 bits per heavy atom. The minimum Gasteiger partial charge on any atom is -0.462 e. The highest BCUT2D eigenvalue weighted by Crippen LogP contribution is 2.33. The zero-order chi connectivity index (χ0) is 23.7. The van der Waals surface area contributed by atoms with E-state index in [0.717, 1.165) is 16.0 Å². The second-order valence-electron chi connectivity index (χ2n) is 7.15. The van der Waals surface area contributed by atoms with Gasteiger partial charge in [0.15, 0.2) is 12.1 Å². The first-order chi connectivity index (χ1) is 15.8. The van der Waals surface area contributed by atoms with Gasteiger partial charge in [-0.15, -0.1) is 0 Å². The predicted molar refractivity (Wildman–Crippen MR) is 114 cm³/mol. The summed E-state index contributed by atoms with van der Waals surface area (Å²) in [5.74, 6) is -2.97. The molecule has 2 aromatic rings. The number of esters is 1. The summed E-state index contributed by atoms with van der Waals surface area (Å²) in [6.07, 6.45) is 0. The molecule has 0 saturated carbocycles. The number of halogens is 2. The van der Waals surface area contributed by atoms with E-state index in [1.54, 1.807) is 6.92 Å². The smallest absolute Gasteiger partial charge is 0.338 e. The van der Waals surface area contributed by atoms with E-state index in [0.29, 0.717) is 11.3 Å². The summed E-state index contributed by atoms with van der Waals surface area (Å²) in [4.78, 5) is 50.7. The SMILES string of the molecule is CCOC(=O)c1ccc(NC(=O)CN2N=N[C@@H]3C(=O)N(c4ccc(F)c(Cl)c4)C(=O)[C@@H]32)cc1. The fourth-order valence-corrected chi connectivity index (χ4v) is 3.66. The molecule has 2 aromatic carbocycles. The van der Waals surface area contributed by atoms with Crippen molar-refractivity contribution in [2.24, 2.45) is 10.3 Å². The number of rotatable bonds is 6. The average Bonchev–Trinajstić information content (AvgIpc) is 3.30. The van der Waals surface area contributed by atoms with Crippen LogP contribution in [-0.4, -0.2) is 53.9 Å². The van der Waals surface area contributed by atoms with Crippen molar-refractivity contribution < 1.29 is 28.3 Å². The Labute approximate surface area is 191 Å². The van der Waals surface area contributed by atoms with Gasteiger partial charge in [0, 0.05) is 5.69 Å². The highest BCUT2D eigenvalue weighted by molar-refractivity contribution is 6.32. The molecule has 2 aliphatic heterocycles. The van der Waals surface area contributed by atoms with Gasteiger partial charge >= 0.3 is 5.97 Å². The summed E-state index contributed by atoms with van der Waals surface area (Å²) in [5.41, 5.74) is 0.853. The Balaban J connectivity index is 1.42. The molecule has 33 heavy (non-hydrogen) atoms. The lowest BCUT2D eigenvalue weighted by Gasteiger charge is -2.20. The maximum absolute atomic E-state index is 13.5. The van der Waals surface area contributed by atoms with Crippen LogP contribution >= 0.6 is 11.6 Å². The molecular formula is C21H17ClFN5O5. The lowest BCUT2D eigenvalue weighted by Crippen LogP contribution is -2.43. The number of carbonyl (C=O) groups is 4. The number of nitrogens with one attached hydrogen (secondary N) is 1. The van der Waals surface area contributed by atoms with Crippen LogP contribution in [0.2, 0.25) is 5.02 Å². The molecular weight excluding hydrogens is 457 g/mol. The first-order valence-corrected chi connectivity index (χ1v) is 10.2. The first kappa shape index (κ1) is 22.3. The molecule has 10 nitrogen and oxygen atoms in total. The second-order valence-corrected chi connectivity index (χ2v) is 7.56. The van der Waals surface area contributed by atoms with Crippen LogP contribution in [0.1, 0.15) is 17.3 Å². The summed E-state index contributed by atoms with van der Waals surface area (Å²) in [6.45, 7) is 1.60. The molecule has 0 radical (unpaired) electrons. The Hall–Kier alpha value is -3.86. The van der Waals surface area contributed by atoms with Crippen LogP contribution in [0.4, 0.5) is 15.8 Å². The van der Waals surface area contributed by atoms with Crippen molar-refractivity contribution in [3.63, 3.8) is 0 Å². The number of benzene rings is 2. The van der Waals surface area contributed by atoms with E-state index in [1.165, 1.54) is 36.4 Å². The van der Waals surface area contributed by atoms with Crippen molar-refractivity contribution in [2.75, 3.05) is 23.4 Å². The lowest BCUT2D eigenvalue weighted by molar-refractivity contribution is -0.123. The summed E-state index contributed by atoms with van der Waals surface area (Å²) < 4.78 is 18.4. The zero-order valence-corrected chi connectivity index (χ0v) is 18.0. The third-order valence-corrected chi connectivity index (χ3v) is 5.29. The second kappa shape index (κ2) is 8.94. The van der Waals surface area contributed by atoms with E-state index < -0.39 is 41.6 Å². The normalized spacial score (nSPS) is 19.1. The molecule has 0 spiro atoms. The summed E-state index contributed by atoms with van der Waals surface area (Å²) in [7, 11) is 0. The van der Waals surface area contributed by atoms with E-state index in [1.807, 2.05) is 0 Å². The number of fused-ring (bicyclic) bond motifs is 1. The zero-order valence-electron chi connectivity index (χ0n) is 17.2. The van der Waals surface area contributed by atoms with Crippen molar-refractivity contribution in [2.45, 2.75) is 19.0 Å². The van der Waals surface area contributed by atoms with Gasteiger partial charge in [-0.2, -0.15) is 5.11 Å². The summed E-state index contributed by atoms with van der Waals surface area (Å²) in [6, 6.07) is 7.33. The van der Waals surface area contributed by atoms with Gasteiger partial charge in [0.2, 0.25) is 5.91 Å². The van der Waals surface area contributed by atoms with Gasteiger partial charge in [-0.05, 0) is 49.4 Å². The number of imide groups is 1. The van der Waals surface area contributed by atoms with E-state index in [9.17, 15) is 23.6 Å². The molecule has 0 aliphatic carbocycles. The van der Waals surface area contributed by atoms with Gasteiger partial charge in [0.25, 0.3) is 11.8 Å². The fraction of sp³-hybridized carbons (Fsp3) is 0.238. The standard InChI is InChI=1S/C21H17ClFN5O5/c1-2-33-21(32)11-3-5-12(6-4-11)24-16(29)10-27-18-17(25-26-27)19(30)28(20(18)31)13-7-8-15(23)14(22)9-13/h3-9,17-18H,2,10H2,1H3,(H,24,29)/t17-,18+/m0/s1. The van der Waals surface area contributed by atoms with E-state index in [2.05, 4.69) is 15.7 Å². The monoisotopic (exact) mass is 473 g/mol. The predicted octanol–water partition coefficient (Wildman–Crippen LogP) is 2.59. The Bertz CT molecular complexity index is 1170. The molecule has 1 saturated heterocycles. The highest BCUT2D eigenvalue weighted by atomic mass is 35.5. The maximum Gasteiger partial charge on any atom is 0.338 e. The molecule has 0 bridgehead atoms. The topological polar surface area (TPSA) is 121 Å². The molecule has 1 N–H and O–H groups in total. The lowest BCUT2D eigenvalue weighted by atomic mass is 10.1. The third-order valence-electron chi connectivity index (χ3n) is 5.00. The van der Waals surface area contributed by atoms with Gasteiger partial charge in [-0.3, -0.25) is 19.4 Å². The van der Waals surface area contributed by atoms with Crippen LogP contribution in [0.3, 0.4) is 0 Å². The first-order valence-electron chi connectivity index (χ1n) is 9.87. The van der Waals surface area contributed by atoms with Crippen LogP contribution in [0.5, 0.6) is 0 Å². The number of amides is 3. The van der Waals surface area contributed by atoms with Crippen molar-refractivity contribution in [3.05, 3.63) is 58.9 Å². The number of nitrogens with zero attached hydrogens (tertiary/aromatic N) is 4. The van der Waals surface area contributed by atoms with Gasteiger partial charge in [-0.1, -0.05) is 16.8 Å². The molecule has 4 rings (SSSR count). The Morgan fingerprint density at radius 2 is 1.88 bits per heavy atom. The minimum atomic E-state index is -1.11. The molecule has 3 amide bonds. The molecule has 170 valence electrons. The molecule has 2 heterocycles. The number of ether oxygens (including phenoxy) is 1. The minimum absolute atomic E-state index is 0.104. The van der Waals surface area contributed by atoms with Crippen molar-refractivity contribution >= 4 is 46.7 Å². The molecule has 12 heteroatoms. The number of anilines is 2. The van der Waals surface area contributed by atoms with Crippen LogP contribution in [0.15, 0.2) is 52.8 Å². The van der Waals surface area contributed by atoms with Crippen LogP contribution < -0.4 is 10.2 Å². The van der Waals surface area contributed by atoms with Crippen molar-refractivity contribution in [1.82, 2.24) is 5.01 Å². The van der Waals surface area contributed by atoms with Gasteiger partial charge in [-0.25, -0.2) is 14.1 Å². The summed E-state index contributed by atoms with van der Waals surface area (Å²) >= 11 is 5.77. The van der Waals surface area contributed by atoms with Crippen LogP contribution in [0.25, 0.3) is 0 Å². The number of hydrogen-bond acceptors (Lipinski definition) is 8. The summed E-state index contributed by atoms with van der Waals surface area (Å²) in [5, 5.41) is 11.1. The Kier molecular flexibility index (Phi) is 6.05. The molecule has 1 fully saturated rings. The van der Waals surface area contributed by atoms with E-state index in [4.69, 9.17) is 16.3 Å². The van der Waals surface area contributed by atoms with Gasteiger partial charge in [0.05, 0.1) is 22.9 Å². The third kappa shape index (κ3) is 4.27.